The number of amides is 1. The maximum atomic E-state index is 11.5. The minimum Gasteiger partial charge on any atom is -0.481 e. The number of aryl methyl sites for hydroxylation is 1. The van der Waals surface area contributed by atoms with Gasteiger partial charge in [0.05, 0.1) is 24.3 Å². The molecule has 2 N–H and O–H groups in total. The first kappa shape index (κ1) is 15.7. The molecule has 1 atom stereocenters. The number of rotatable bonds is 4. The fraction of sp³-hybridized carbons (Fsp3) is 0.214. The van der Waals surface area contributed by atoms with Gasteiger partial charge in [-0.05, 0) is 30.2 Å². The number of amidine groups is 1. The van der Waals surface area contributed by atoms with Gasteiger partial charge in [-0.3, -0.25) is 9.59 Å². The smallest absolute Gasteiger partial charge is 0.305 e. The van der Waals surface area contributed by atoms with Gasteiger partial charge in [-0.25, -0.2) is 0 Å². The lowest BCUT2D eigenvalue weighted by molar-refractivity contribution is -0.138. The molecule has 1 saturated heterocycles. The van der Waals surface area contributed by atoms with E-state index in [1.54, 1.807) is 12.1 Å². The summed E-state index contributed by atoms with van der Waals surface area (Å²) in [4.78, 5) is 22.1. The molecule has 1 unspecified atom stereocenters. The van der Waals surface area contributed by atoms with Crippen molar-refractivity contribution in [1.82, 2.24) is 5.32 Å². The van der Waals surface area contributed by atoms with Crippen molar-refractivity contribution in [2.45, 2.75) is 18.6 Å². The van der Waals surface area contributed by atoms with E-state index < -0.39 is 11.2 Å². The van der Waals surface area contributed by atoms with Gasteiger partial charge in [0.25, 0.3) is 0 Å². The van der Waals surface area contributed by atoms with E-state index in [1.807, 2.05) is 19.1 Å². The number of hydrogen-bond acceptors (Lipinski definition) is 6. The molecule has 7 nitrogen and oxygen atoms in total. The fourth-order valence-corrected chi connectivity index (χ4v) is 2.65. The first-order chi connectivity index (χ1) is 10.5. The maximum absolute atomic E-state index is 11.5. The Morgan fingerprint density at radius 1 is 1.59 bits per heavy atom. The van der Waals surface area contributed by atoms with Gasteiger partial charge in [0.15, 0.2) is 5.17 Å². The summed E-state index contributed by atoms with van der Waals surface area (Å²) in [6.07, 6.45) is 1.23. The van der Waals surface area contributed by atoms with Crippen LogP contribution < -0.4 is 5.32 Å². The minimum absolute atomic E-state index is 0.261. The lowest BCUT2D eigenvalue weighted by atomic mass is 10.1. The van der Waals surface area contributed by atoms with Gasteiger partial charge in [-0.2, -0.15) is 10.4 Å². The average Bonchev–Trinajstić information content (AvgIpc) is 2.80. The number of hydrogen-bond donors (Lipinski definition) is 2. The molecule has 1 aliphatic heterocycles. The van der Waals surface area contributed by atoms with Gasteiger partial charge in [0.1, 0.15) is 5.25 Å². The third-order valence-corrected chi connectivity index (χ3v) is 3.96. The number of nitrogens with zero attached hydrogens (tertiary/aromatic N) is 3. The molecule has 1 aromatic carbocycles. The molecule has 0 aliphatic carbocycles. The second-order valence-electron chi connectivity index (χ2n) is 4.53. The molecule has 112 valence electrons. The molecule has 8 heteroatoms. The zero-order chi connectivity index (χ0) is 16.1. The number of carboxylic acid groups (broad SMARTS) is 1. The Morgan fingerprint density at radius 3 is 3.05 bits per heavy atom. The van der Waals surface area contributed by atoms with Crippen LogP contribution in [0.4, 0.5) is 0 Å². The summed E-state index contributed by atoms with van der Waals surface area (Å²) in [5.74, 6) is -1.43. The van der Waals surface area contributed by atoms with Gasteiger partial charge < -0.3 is 10.4 Å². The third-order valence-electron chi connectivity index (χ3n) is 2.89. The molecule has 0 saturated carbocycles. The third kappa shape index (κ3) is 3.93. The molecule has 0 radical (unpaired) electrons. The van der Waals surface area contributed by atoms with Crippen LogP contribution >= 0.6 is 11.8 Å². The van der Waals surface area contributed by atoms with E-state index in [2.05, 4.69) is 15.5 Å². The summed E-state index contributed by atoms with van der Waals surface area (Å²) in [7, 11) is 0. The summed E-state index contributed by atoms with van der Waals surface area (Å²) < 4.78 is 0. The number of carbonyl (C=O) groups is 2. The van der Waals surface area contributed by atoms with E-state index >= 15 is 0 Å². The second-order valence-corrected chi connectivity index (χ2v) is 5.72. The molecule has 1 heterocycles. The maximum Gasteiger partial charge on any atom is 0.305 e. The number of carboxylic acids is 1. The van der Waals surface area contributed by atoms with Crippen LogP contribution in [0.1, 0.15) is 23.1 Å². The van der Waals surface area contributed by atoms with Crippen LogP contribution in [0, 0.1) is 18.3 Å². The Bertz CT molecular complexity index is 721. The molecule has 0 spiro atoms. The summed E-state index contributed by atoms with van der Waals surface area (Å²) >= 11 is 1.04. The number of aliphatic carboxylic acids is 1. The van der Waals surface area contributed by atoms with E-state index in [0.29, 0.717) is 5.56 Å². The lowest BCUT2D eigenvalue weighted by Gasteiger charge is -1.99. The summed E-state index contributed by atoms with van der Waals surface area (Å²) in [5, 5.41) is 27.4. The molecule has 0 aromatic heterocycles. The van der Waals surface area contributed by atoms with Gasteiger partial charge in [0, 0.05) is 0 Å². The number of thioether (sulfide) groups is 1. The monoisotopic (exact) mass is 316 g/mol. The standard InChI is InChI=1S/C14H12N4O3S/c1-8-2-3-9(6-15)4-10(8)7-16-18-14-17-13(21)11(22-14)5-12(19)20/h2-4,7,11H,5H2,1H3,(H,19,20)(H,17,18,21). The largest absolute Gasteiger partial charge is 0.481 e. The van der Waals surface area contributed by atoms with Crippen molar-refractivity contribution < 1.29 is 14.7 Å². The van der Waals surface area contributed by atoms with E-state index in [4.69, 9.17) is 10.4 Å². The first-order valence-electron chi connectivity index (χ1n) is 6.30. The van der Waals surface area contributed by atoms with Gasteiger partial charge in [-0.1, -0.05) is 17.8 Å². The van der Waals surface area contributed by atoms with Crippen molar-refractivity contribution in [3.63, 3.8) is 0 Å². The molecule has 0 bridgehead atoms. The number of benzene rings is 1. The van der Waals surface area contributed by atoms with E-state index in [0.717, 1.165) is 22.9 Å². The van der Waals surface area contributed by atoms with Crippen molar-refractivity contribution in [3.8, 4) is 6.07 Å². The van der Waals surface area contributed by atoms with Gasteiger partial charge in [-0.15, -0.1) is 5.10 Å². The highest BCUT2D eigenvalue weighted by molar-refractivity contribution is 8.15. The van der Waals surface area contributed by atoms with Crippen LogP contribution in [-0.2, 0) is 9.59 Å². The van der Waals surface area contributed by atoms with Gasteiger partial charge in [0.2, 0.25) is 5.91 Å². The SMILES string of the molecule is Cc1ccc(C#N)cc1C=NN=C1NC(=O)C(CC(=O)O)S1. The topological polar surface area (TPSA) is 115 Å². The molecule has 1 fully saturated rings. The Hall–Kier alpha value is -2.66. The molecule has 1 aromatic rings. The van der Waals surface area contributed by atoms with Gasteiger partial charge >= 0.3 is 5.97 Å². The van der Waals surface area contributed by atoms with Crippen LogP contribution in [0.25, 0.3) is 0 Å². The Labute approximate surface area is 130 Å². The van der Waals surface area contributed by atoms with E-state index in [1.165, 1.54) is 6.21 Å². The second kappa shape index (κ2) is 6.87. The van der Waals surface area contributed by atoms with Crippen LogP contribution in [0.3, 0.4) is 0 Å². The number of carbonyl (C=O) groups excluding carboxylic acids is 1. The molecule has 22 heavy (non-hydrogen) atoms. The number of nitriles is 1. The summed E-state index contributed by atoms with van der Waals surface area (Å²) in [5.41, 5.74) is 2.21. The zero-order valence-electron chi connectivity index (χ0n) is 11.6. The number of nitrogens with one attached hydrogen (secondary N) is 1. The van der Waals surface area contributed by atoms with Crippen LogP contribution in [-0.4, -0.2) is 33.6 Å². The predicted molar refractivity (Wildman–Crippen MR) is 82.7 cm³/mol. The highest BCUT2D eigenvalue weighted by atomic mass is 32.2. The molecule has 2 rings (SSSR count). The van der Waals surface area contributed by atoms with Crippen molar-refractivity contribution in [2.75, 3.05) is 0 Å². The van der Waals surface area contributed by atoms with Crippen molar-refractivity contribution in [1.29, 1.82) is 5.26 Å². The fourth-order valence-electron chi connectivity index (χ4n) is 1.74. The summed E-state index contributed by atoms with van der Waals surface area (Å²) in [6.45, 7) is 1.88. The van der Waals surface area contributed by atoms with Crippen molar-refractivity contribution >= 4 is 35.0 Å². The van der Waals surface area contributed by atoms with Crippen LogP contribution in [0.5, 0.6) is 0 Å². The van der Waals surface area contributed by atoms with E-state index in [9.17, 15) is 9.59 Å². The minimum atomic E-state index is -1.04. The quantitative estimate of drug-likeness (QED) is 0.641. The lowest BCUT2D eigenvalue weighted by Crippen LogP contribution is -2.26. The molecular formula is C14H12N4O3S. The van der Waals surface area contributed by atoms with Crippen molar-refractivity contribution in [3.05, 3.63) is 34.9 Å². The Morgan fingerprint density at radius 2 is 2.36 bits per heavy atom. The van der Waals surface area contributed by atoms with Crippen LogP contribution in [0.2, 0.25) is 0 Å². The molecule has 1 aliphatic rings. The Balaban J connectivity index is 2.08. The summed E-state index contributed by atoms with van der Waals surface area (Å²) in [6, 6.07) is 7.25. The van der Waals surface area contributed by atoms with Crippen molar-refractivity contribution in [2.24, 2.45) is 10.2 Å². The Kier molecular flexibility index (Phi) is 4.91. The zero-order valence-corrected chi connectivity index (χ0v) is 12.4. The highest BCUT2D eigenvalue weighted by Crippen LogP contribution is 2.22. The normalized spacial score (nSPS) is 19.4. The average molecular weight is 316 g/mol. The highest BCUT2D eigenvalue weighted by Gasteiger charge is 2.32. The first-order valence-corrected chi connectivity index (χ1v) is 7.18. The van der Waals surface area contributed by atoms with E-state index in [-0.39, 0.29) is 17.5 Å². The van der Waals surface area contributed by atoms with Crippen LogP contribution in [0.15, 0.2) is 28.4 Å². The molecular weight excluding hydrogens is 304 g/mol. The molecule has 1 amide bonds. The predicted octanol–water partition coefficient (Wildman–Crippen LogP) is 1.26.